The van der Waals surface area contributed by atoms with Crippen LogP contribution >= 0.6 is 0 Å². The number of fused-ring (bicyclic) bond motifs is 1. The first kappa shape index (κ1) is 10.2. The van der Waals surface area contributed by atoms with Gasteiger partial charge in [-0.2, -0.15) is 0 Å². The molecule has 0 saturated heterocycles. The average molecular weight is 215 g/mol. The third-order valence-corrected chi connectivity index (χ3v) is 2.28. The number of rotatable bonds is 3. The van der Waals surface area contributed by atoms with Gasteiger partial charge in [-0.25, -0.2) is 8.78 Å². The molecule has 0 unspecified atom stereocenters. The topological polar surface area (TPSA) is 44.5 Å². The smallest absolute Gasteiger partial charge is 0.264 e. The molecule has 2 N–H and O–H groups in total. The van der Waals surface area contributed by atoms with Gasteiger partial charge in [0.1, 0.15) is 0 Å². The van der Waals surface area contributed by atoms with E-state index in [2.05, 4.69) is 0 Å². The number of hydrogen-bond donors (Lipinski definition) is 1. The van der Waals surface area contributed by atoms with E-state index >= 15 is 0 Å². The summed E-state index contributed by atoms with van der Waals surface area (Å²) in [6.07, 6.45) is -2.10. The third-order valence-electron chi connectivity index (χ3n) is 2.28. The van der Waals surface area contributed by atoms with Crippen molar-refractivity contribution in [3.05, 3.63) is 23.3 Å². The van der Waals surface area contributed by atoms with E-state index in [1.807, 2.05) is 0 Å². The molecule has 0 aliphatic carbocycles. The second-order valence-corrected chi connectivity index (χ2v) is 3.24. The van der Waals surface area contributed by atoms with Crippen molar-refractivity contribution in [3.63, 3.8) is 0 Å². The molecule has 1 aromatic rings. The van der Waals surface area contributed by atoms with E-state index in [-0.39, 0.29) is 12.4 Å². The van der Waals surface area contributed by atoms with Crippen molar-refractivity contribution in [2.24, 2.45) is 5.73 Å². The van der Waals surface area contributed by atoms with E-state index in [1.165, 1.54) is 6.07 Å². The van der Waals surface area contributed by atoms with Crippen molar-refractivity contribution in [3.8, 4) is 11.5 Å². The van der Waals surface area contributed by atoms with Crippen LogP contribution in [-0.4, -0.2) is 13.3 Å². The van der Waals surface area contributed by atoms with E-state index < -0.39 is 6.43 Å². The Labute approximate surface area is 85.8 Å². The number of hydrogen-bond acceptors (Lipinski definition) is 3. The minimum absolute atomic E-state index is 0.0234. The predicted octanol–water partition coefficient (Wildman–Crippen LogP) is 1.85. The monoisotopic (exact) mass is 215 g/mol. The summed E-state index contributed by atoms with van der Waals surface area (Å²) in [7, 11) is 0. The fourth-order valence-electron chi connectivity index (χ4n) is 1.57. The van der Waals surface area contributed by atoms with Crippen molar-refractivity contribution < 1.29 is 18.3 Å². The highest BCUT2D eigenvalue weighted by atomic mass is 19.3. The molecule has 0 saturated carbocycles. The first-order valence-corrected chi connectivity index (χ1v) is 4.63. The Bertz CT molecular complexity index is 369. The lowest BCUT2D eigenvalue weighted by atomic mass is 10.0. The number of benzene rings is 1. The van der Waals surface area contributed by atoms with Gasteiger partial charge in [-0.15, -0.1) is 0 Å². The maximum atomic E-state index is 12.7. The van der Waals surface area contributed by atoms with Crippen LogP contribution in [-0.2, 0) is 6.42 Å². The standard InChI is InChI=1S/C10H11F2NO2/c11-10(12)7-4-9-8(14-5-15-9)3-6(7)1-2-13/h3-4,10H,1-2,5,13H2. The van der Waals surface area contributed by atoms with Gasteiger partial charge < -0.3 is 15.2 Å². The number of nitrogens with two attached hydrogens (primary N) is 1. The Hall–Kier alpha value is -1.36. The van der Waals surface area contributed by atoms with Gasteiger partial charge in [-0.1, -0.05) is 0 Å². The molecular formula is C10H11F2NO2. The summed E-state index contributed by atoms with van der Waals surface area (Å²) in [5.41, 5.74) is 5.86. The fourth-order valence-corrected chi connectivity index (χ4v) is 1.57. The van der Waals surface area contributed by atoms with Crippen LogP contribution < -0.4 is 15.2 Å². The highest BCUT2D eigenvalue weighted by Crippen LogP contribution is 2.38. The number of alkyl halides is 2. The summed E-state index contributed by atoms with van der Waals surface area (Å²) >= 11 is 0. The molecule has 1 heterocycles. The van der Waals surface area contributed by atoms with Gasteiger partial charge >= 0.3 is 0 Å². The lowest BCUT2D eigenvalue weighted by molar-refractivity contribution is 0.149. The van der Waals surface area contributed by atoms with Crippen LogP contribution in [0.15, 0.2) is 12.1 Å². The summed E-state index contributed by atoms with van der Waals surface area (Å²) in [6, 6.07) is 2.91. The minimum Gasteiger partial charge on any atom is -0.454 e. The molecule has 82 valence electrons. The maximum Gasteiger partial charge on any atom is 0.264 e. The van der Waals surface area contributed by atoms with Crippen LogP contribution in [0.2, 0.25) is 0 Å². The van der Waals surface area contributed by atoms with Gasteiger partial charge in [0.15, 0.2) is 11.5 Å². The van der Waals surface area contributed by atoms with Crippen LogP contribution in [0.1, 0.15) is 17.6 Å². The molecule has 1 aliphatic rings. The molecule has 3 nitrogen and oxygen atoms in total. The van der Waals surface area contributed by atoms with E-state index in [0.29, 0.717) is 30.0 Å². The molecule has 0 spiro atoms. The zero-order chi connectivity index (χ0) is 10.8. The molecular weight excluding hydrogens is 204 g/mol. The SMILES string of the molecule is NCCc1cc2c(cc1C(F)F)OCO2. The summed E-state index contributed by atoms with van der Waals surface area (Å²) < 4.78 is 35.5. The zero-order valence-corrected chi connectivity index (χ0v) is 8.00. The van der Waals surface area contributed by atoms with Crippen LogP contribution in [0.4, 0.5) is 8.78 Å². The molecule has 0 aromatic heterocycles. The molecule has 5 heteroatoms. The quantitative estimate of drug-likeness (QED) is 0.836. The van der Waals surface area contributed by atoms with Crippen LogP contribution in [0.25, 0.3) is 0 Å². The summed E-state index contributed by atoms with van der Waals surface area (Å²) in [5, 5.41) is 0. The normalized spacial score (nSPS) is 13.6. The Morgan fingerprint density at radius 2 is 1.93 bits per heavy atom. The van der Waals surface area contributed by atoms with E-state index in [0.717, 1.165) is 0 Å². The second kappa shape index (κ2) is 4.02. The van der Waals surface area contributed by atoms with Crippen LogP contribution in [0, 0.1) is 0 Å². The number of ether oxygens (including phenoxy) is 2. The molecule has 0 bridgehead atoms. The van der Waals surface area contributed by atoms with Crippen molar-refractivity contribution in [1.29, 1.82) is 0 Å². The van der Waals surface area contributed by atoms with Crippen LogP contribution in [0.3, 0.4) is 0 Å². The lowest BCUT2D eigenvalue weighted by Gasteiger charge is -2.09. The lowest BCUT2D eigenvalue weighted by Crippen LogP contribution is -2.05. The predicted molar refractivity (Wildman–Crippen MR) is 50.3 cm³/mol. The highest BCUT2D eigenvalue weighted by molar-refractivity contribution is 5.49. The summed E-state index contributed by atoms with van der Waals surface area (Å²) in [4.78, 5) is 0. The van der Waals surface area contributed by atoms with Crippen molar-refractivity contribution in [1.82, 2.24) is 0 Å². The fraction of sp³-hybridized carbons (Fsp3) is 0.400. The van der Waals surface area contributed by atoms with E-state index in [1.54, 1.807) is 6.07 Å². The Kier molecular flexibility index (Phi) is 2.73. The van der Waals surface area contributed by atoms with Crippen molar-refractivity contribution >= 4 is 0 Å². The Morgan fingerprint density at radius 3 is 2.53 bits per heavy atom. The summed E-state index contributed by atoms with van der Waals surface area (Å²) in [6.45, 7) is 0.420. The molecule has 0 fully saturated rings. The van der Waals surface area contributed by atoms with Crippen LogP contribution in [0.5, 0.6) is 11.5 Å². The molecule has 0 atom stereocenters. The number of halogens is 2. The molecule has 1 aromatic carbocycles. The first-order chi connectivity index (χ1) is 7.22. The molecule has 0 radical (unpaired) electrons. The molecule has 0 amide bonds. The van der Waals surface area contributed by atoms with E-state index in [4.69, 9.17) is 15.2 Å². The minimum atomic E-state index is -2.51. The highest BCUT2D eigenvalue weighted by Gasteiger charge is 2.21. The molecule has 2 rings (SSSR count). The Morgan fingerprint density at radius 1 is 1.27 bits per heavy atom. The largest absolute Gasteiger partial charge is 0.454 e. The van der Waals surface area contributed by atoms with Gasteiger partial charge in [0, 0.05) is 5.56 Å². The van der Waals surface area contributed by atoms with Gasteiger partial charge in [0.05, 0.1) is 0 Å². The van der Waals surface area contributed by atoms with Crippen molar-refractivity contribution in [2.45, 2.75) is 12.8 Å². The molecule has 1 aliphatic heterocycles. The molecule has 15 heavy (non-hydrogen) atoms. The Balaban J connectivity index is 2.42. The zero-order valence-electron chi connectivity index (χ0n) is 8.00. The summed E-state index contributed by atoms with van der Waals surface area (Å²) in [5.74, 6) is 0.897. The third kappa shape index (κ3) is 1.87. The van der Waals surface area contributed by atoms with Gasteiger partial charge in [-0.05, 0) is 30.7 Å². The van der Waals surface area contributed by atoms with Gasteiger partial charge in [0.25, 0.3) is 6.43 Å². The maximum absolute atomic E-state index is 12.7. The second-order valence-electron chi connectivity index (χ2n) is 3.24. The average Bonchev–Trinajstić information content (AvgIpc) is 2.63. The van der Waals surface area contributed by atoms with Gasteiger partial charge in [-0.3, -0.25) is 0 Å². The van der Waals surface area contributed by atoms with Crippen molar-refractivity contribution in [2.75, 3.05) is 13.3 Å². The van der Waals surface area contributed by atoms with Gasteiger partial charge in [0.2, 0.25) is 6.79 Å². The van der Waals surface area contributed by atoms with E-state index in [9.17, 15) is 8.78 Å². The first-order valence-electron chi connectivity index (χ1n) is 4.63.